The lowest BCUT2D eigenvalue weighted by molar-refractivity contribution is -0.274. The van der Waals surface area contributed by atoms with Gasteiger partial charge in [-0.3, -0.25) is 4.90 Å². The van der Waals surface area contributed by atoms with E-state index in [9.17, 15) is 13.2 Å². The summed E-state index contributed by atoms with van der Waals surface area (Å²) in [6.07, 6.45) is 1.22. The lowest BCUT2D eigenvalue weighted by Crippen LogP contribution is -2.59. The molecule has 0 radical (unpaired) electrons. The van der Waals surface area contributed by atoms with Crippen molar-refractivity contribution in [3.8, 4) is 5.75 Å². The van der Waals surface area contributed by atoms with Gasteiger partial charge in [0.1, 0.15) is 5.75 Å². The van der Waals surface area contributed by atoms with Gasteiger partial charge in [0.05, 0.1) is 0 Å². The molecule has 4 nitrogen and oxygen atoms in total. The van der Waals surface area contributed by atoms with Crippen molar-refractivity contribution in [3.63, 3.8) is 0 Å². The summed E-state index contributed by atoms with van der Waals surface area (Å²) in [5, 5.41) is 3.52. The van der Waals surface area contributed by atoms with Crippen LogP contribution in [0.4, 0.5) is 13.2 Å². The highest BCUT2D eigenvalue weighted by molar-refractivity contribution is 5.27. The number of ether oxygens (including phenoxy) is 2. The first-order valence-electron chi connectivity index (χ1n) is 9.35. The Balaban J connectivity index is 1.54. The predicted octanol–water partition coefficient (Wildman–Crippen LogP) is 3.71. The molecule has 0 unspecified atom stereocenters. The number of halogens is 3. The van der Waals surface area contributed by atoms with Gasteiger partial charge in [-0.05, 0) is 56.5 Å². The number of rotatable bonds is 6. The zero-order valence-electron chi connectivity index (χ0n) is 15.0. The molecule has 0 amide bonds. The number of likely N-dealkylation sites (tertiary alicyclic amines) is 1. The van der Waals surface area contributed by atoms with Crippen LogP contribution in [0.25, 0.3) is 0 Å². The largest absolute Gasteiger partial charge is 0.573 e. The number of alkyl halides is 3. The van der Waals surface area contributed by atoms with Gasteiger partial charge in [0.15, 0.2) is 0 Å². The van der Waals surface area contributed by atoms with Crippen LogP contribution in [-0.4, -0.2) is 49.6 Å². The van der Waals surface area contributed by atoms with Gasteiger partial charge in [0.2, 0.25) is 0 Å². The van der Waals surface area contributed by atoms with Crippen LogP contribution < -0.4 is 10.1 Å². The first-order valence-corrected chi connectivity index (χ1v) is 9.35. The molecule has 2 heterocycles. The quantitative estimate of drug-likeness (QED) is 0.825. The van der Waals surface area contributed by atoms with Crippen molar-refractivity contribution in [1.82, 2.24) is 10.2 Å². The SMILES string of the molecule is FC(F)(F)Oc1ccc(CNCC2(N3CCCCC3)CCOCC2)cc1. The number of hydrogen-bond acceptors (Lipinski definition) is 4. The maximum Gasteiger partial charge on any atom is 0.573 e. The first kappa shape index (κ1) is 19.5. The van der Waals surface area contributed by atoms with Crippen molar-refractivity contribution in [2.45, 2.75) is 50.6 Å². The molecular formula is C19H27F3N2O2. The van der Waals surface area contributed by atoms with Gasteiger partial charge in [-0.2, -0.15) is 0 Å². The highest BCUT2D eigenvalue weighted by Crippen LogP contribution is 2.30. The Labute approximate surface area is 152 Å². The third-order valence-corrected chi connectivity index (χ3v) is 5.39. The maximum atomic E-state index is 12.2. The van der Waals surface area contributed by atoms with Crippen LogP contribution in [0, 0.1) is 0 Å². The van der Waals surface area contributed by atoms with E-state index in [1.165, 1.54) is 31.4 Å². The number of benzene rings is 1. The highest BCUT2D eigenvalue weighted by Gasteiger charge is 2.38. The molecule has 1 aromatic rings. The Morgan fingerprint density at radius 1 is 1.04 bits per heavy atom. The van der Waals surface area contributed by atoms with E-state index in [1.807, 2.05) is 0 Å². The Kier molecular flexibility index (Phi) is 6.42. The van der Waals surface area contributed by atoms with Gasteiger partial charge < -0.3 is 14.8 Å². The minimum absolute atomic E-state index is 0.137. The molecule has 26 heavy (non-hydrogen) atoms. The minimum Gasteiger partial charge on any atom is -0.406 e. The molecule has 2 aliphatic rings. The Bertz CT molecular complexity index is 551. The fourth-order valence-electron chi connectivity index (χ4n) is 3.97. The van der Waals surface area contributed by atoms with E-state index in [0.29, 0.717) is 6.54 Å². The van der Waals surface area contributed by atoms with Gasteiger partial charge in [-0.15, -0.1) is 13.2 Å². The van der Waals surface area contributed by atoms with Crippen LogP contribution in [0.1, 0.15) is 37.7 Å². The first-order chi connectivity index (χ1) is 12.5. The van der Waals surface area contributed by atoms with Crippen molar-refractivity contribution in [2.75, 3.05) is 32.8 Å². The Morgan fingerprint density at radius 3 is 2.31 bits per heavy atom. The minimum atomic E-state index is -4.65. The maximum absolute atomic E-state index is 12.2. The molecule has 0 atom stereocenters. The summed E-state index contributed by atoms with van der Waals surface area (Å²) in [6, 6.07) is 6.07. The summed E-state index contributed by atoms with van der Waals surface area (Å²) >= 11 is 0. The second-order valence-electron chi connectivity index (χ2n) is 7.18. The molecule has 146 valence electrons. The molecule has 2 fully saturated rings. The van der Waals surface area contributed by atoms with Crippen LogP contribution in [0.3, 0.4) is 0 Å². The summed E-state index contributed by atoms with van der Waals surface area (Å²) < 4.78 is 46.1. The summed E-state index contributed by atoms with van der Waals surface area (Å²) in [4.78, 5) is 2.62. The molecule has 1 aromatic carbocycles. The summed E-state index contributed by atoms with van der Waals surface area (Å²) in [5.41, 5.74) is 1.08. The van der Waals surface area contributed by atoms with E-state index in [-0.39, 0.29) is 11.3 Å². The van der Waals surface area contributed by atoms with E-state index in [1.54, 1.807) is 12.1 Å². The molecule has 0 bridgehead atoms. The van der Waals surface area contributed by atoms with E-state index >= 15 is 0 Å². The summed E-state index contributed by atoms with van der Waals surface area (Å²) in [5.74, 6) is -0.185. The molecule has 0 aliphatic carbocycles. The number of nitrogens with one attached hydrogen (secondary N) is 1. The second-order valence-corrected chi connectivity index (χ2v) is 7.18. The van der Waals surface area contributed by atoms with Gasteiger partial charge in [-0.25, -0.2) is 0 Å². The average Bonchev–Trinajstić information content (AvgIpc) is 2.63. The van der Waals surface area contributed by atoms with E-state index < -0.39 is 6.36 Å². The zero-order valence-corrected chi connectivity index (χ0v) is 15.0. The molecule has 0 spiro atoms. The fraction of sp³-hybridized carbons (Fsp3) is 0.684. The number of piperidine rings is 1. The monoisotopic (exact) mass is 372 g/mol. The van der Waals surface area contributed by atoms with Gasteiger partial charge in [-0.1, -0.05) is 18.6 Å². The van der Waals surface area contributed by atoms with Crippen LogP contribution in [-0.2, 0) is 11.3 Å². The van der Waals surface area contributed by atoms with Crippen LogP contribution in [0.2, 0.25) is 0 Å². The molecule has 2 aliphatic heterocycles. The lowest BCUT2D eigenvalue weighted by atomic mass is 9.86. The van der Waals surface area contributed by atoms with Gasteiger partial charge in [0.25, 0.3) is 0 Å². The number of hydrogen-bond donors (Lipinski definition) is 1. The molecular weight excluding hydrogens is 345 g/mol. The lowest BCUT2D eigenvalue weighted by Gasteiger charge is -2.48. The predicted molar refractivity (Wildman–Crippen MR) is 93.0 cm³/mol. The van der Waals surface area contributed by atoms with E-state index in [0.717, 1.165) is 51.3 Å². The molecule has 7 heteroatoms. The van der Waals surface area contributed by atoms with Crippen LogP contribution in [0.15, 0.2) is 24.3 Å². The molecule has 0 aromatic heterocycles. The van der Waals surface area contributed by atoms with Crippen molar-refractivity contribution in [1.29, 1.82) is 0 Å². The van der Waals surface area contributed by atoms with Crippen LogP contribution in [0.5, 0.6) is 5.75 Å². The standard InChI is InChI=1S/C19H27F3N2O2/c20-19(21,22)26-17-6-4-16(5-7-17)14-23-15-18(8-12-25-13-9-18)24-10-2-1-3-11-24/h4-7,23H,1-3,8-15H2. The van der Waals surface area contributed by atoms with Gasteiger partial charge >= 0.3 is 6.36 Å². The smallest absolute Gasteiger partial charge is 0.406 e. The zero-order chi connectivity index (χ0) is 18.5. The third-order valence-electron chi connectivity index (χ3n) is 5.39. The summed E-state index contributed by atoms with van der Waals surface area (Å²) in [7, 11) is 0. The van der Waals surface area contributed by atoms with E-state index in [2.05, 4.69) is 15.0 Å². The second kappa shape index (κ2) is 8.59. The average molecular weight is 372 g/mol. The highest BCUT2D eigenvalue weighted by atomic mass is 19.4. The Hall–Kier alpha value is -1.31. The normalized spacial score (nSPS) is 21.5. The van der Waals surface area contributed by atoms with Crippen molar-refractivity contribution >= 4 is 0 Å². The molecule has 2 saturated heterocycles. The molecule has 0 saturated carbocycles. The molecule has 1 N–H and O–H groups in total. The van der Waals surface area contributed by atoms with Crippen molar-refractivity contribution in [3.05, 3.63) is 29.8 Å². The van der Waals surface area contributed by atoms with Crippen molar-refractivity contribution < 1.29 is 22.6 Å². The topological polar surface area (TPSA) is 33.7 Å². The van der Waals surface area contributed by atoms with Crippen LogP contribution >= 0.6 is 0 Å². The fourth-order valence-corrected chi connectivity index (χ4v) is 3.97. The van der Waals surface area contributed by atoms with Gasteiger partial charge in [0, 0.05) is 31.8 Å². The van der Waals surface area contributed by atoms with E-state index in [4.69, 9.17) is 4.74 Å². The number of nitrogens with zero attached hydrogens (tertiary/aromatic N) is 1. The Morgan fingerprint density at radius 2 is 1.69 bits per heavy atom. The summed E-state index contributed by atoms with van der Waals surface area (Å²) in [6.45, 7) is 5.37. The molecule has 3 rings (SSSR count). The van der Waals surface area contributed by atoms with Crippen molar-refractivity contribution in [2.24, 2.45) is 0 Å². The third kappa shape index (κ3) is 5.34.